The molecule has 3 saturated carbocycles. The Morgan fingerprint density at radius 3 is 2.47 bits per heavy atom. The molecule has 0 saturated heterocycles. The lowest BCUT2D eigenvalue weighted by Crippen LogP contribution is -2.60. The molecule has 0 aliphatic heterocycles. The minimum atomic E-state index is 0.0801. The Bertz CT molecular complexity index is 479. The van der Waals surface area contributed by atoms with E-state index < -0.39 is 0 Å². The fraction of sp³-hybridized carbons (Fsp3) is 0.588. The van der Waals surface area contributed by atoms with Gasteiger partial charge in [0.25, 0.3) is 5.91 Å². The molecule has 3 fully saturated rings. The lowest BCUT2D eigenvalue weighted by atomic mass is 9.45. The van der Waals surface area contributed by atoms with Gasteiger partial charge in [0.1, 0.15) is 0 Å². The monoisotopic (exact) mass is 257 g/mol. The standard InChI is InChI=1S/C17H23NO/c1-11-14-9-13(17(14,2)3)10-15(11)18-16(19)12-7-5-4-6-8-12/h4-8,11,13-15H,9-10H2,1-3H3,(H,18,19)/t11-,13-,14-,15+/m1/s1. The summed E-state index contributed by atoms with van der Waals surface area (Å²) >= 11 is 0. The van der Waals surface area contributed by atoms with Crippen molar-refractivity contribution in [1.82, 2.24) is 5.32 Å². The number of amides is 1. The lowest BCUT2D eigenvalue weighted by Gasteiger charge is -2.62. The first-order valence-corrected chi connectivity index (χ1v) is 7.36. The van der Waals surface area contributed by atoms with Gasteiger partial charge in [-0.2, -0.15) is 0 Å². The van der Waals surface area contributed by atoms with Crippen LogP contribution in [-0.2, 0) is 0 Å². The number of carbonyl (C=O) groups is 1. The maximum atomic E-state index is 12.2. The van der Waals surface area contributed by atoms with Crippen molar-refractivity contribution in [3.05, 3.63) is 35.9 Å². The maximum absolute atomic E-state index is 12.2. The molecule has 0 unspecified atom stereocenters. The summed E-state index contributed by atoms with van der Waals surface area (Å²) in [6, 6.07) is 9.89. The summed E-state index contributed by atoms with van der Waals surface area (Å²) in [5.41, 5.74) is 1.25. The maximum Gasteiger partial charge on any atom is 0.251 e. The van der Waals surface area contributed by atoms with Gasteiger partial charge in [0.05, 0.1) is 0 Å². The van der Waals surface area contributed by atoms with Gasteiger partial charge in [-0.3, -0.25) is 4.79 Å². The predicted octanol–water partition coefficient (Wildman–Crippen LogP) is 3.49. The van der Waals surface area contributed by atoms with Gasteiger partial charge in [-0.05, 0) is 48.1 Å². The molecule has 2 nitrogen and oxygen atoms in total. The molecule has 1 aromatic rings. The smallest absolute Gasteiger partial charge is 0.251 e. The van der Waals surface area contributed by atoms with E-state index in [2.05, 4.69) is 26.1 Å². The van der Waals surface area contributed by atoms with Gasteiger partial charge >= 0.3 is 0 Å². The molecule has 4 rings (SSSR count). The predicted molar refractivity (Wildman–Crippen MR) is 76.9 cm³/mol. The first kappa shape index (κ1) is 12.7. The molecule has 3 aliphatic rings. The first-order chi connectivity index (χ1) is 9.00. The van der Waals surface area contributed by atoms with Gasteiger partial charge in [-0.15, -0.1) is 0 Å². The zero-order chi connectivity index (χ0) is 13.6. The lowest BCUT2D eigenvalue weighted by molar-refractivity contribution is -0.113. The van der Waals surface area contributed by atoms with Crippen molar-refractivity contribution < 1.29 is 4.79 Å². The first-order valence-electron chi connectivity index (χ1n) is 7.36. The minimum Gasteiger partial charge on any atom is -0.349 e. The molecule has 1 amide bonds. The van der Waals surface area contributed by atoms with Gasteiger partial charge in [0.15, 0.2) is 0 Å². The van der Waals surface area contributed by atoms with E-state index in [9.17, 15) is 4.79 Å². The van der Waals surface area contributed by atoms with Crippen molar-refractivity contribution in [3.8, 4) is 0 Å². The highest BCUT2D eigenvalue weighted by Gasteiger charge is 2.56. The minimum absolute atomic E-state index is 0.0801. The molecular formula is C17H23NO. The third-order valence-corrected chi connectivity index (χ3v) is 5.71. The summed E-state index contributed by atoms with van der Waals surface area (Å²) < 4.78 is 0. The van der Waals surface area contributed by atoms with Gasteiger partial charge in [-0.1, -0.05) is 39.0 Å². The fourth-order valence-corrected chi connectivity index (χ4v) is 4.18. The molecule has 3 aliphatic carbocycles. The Labute approximate surface area is 115 Å². The van der Waals surface area contributed by atoms with E-state index in [0.29, 0.717) is 17.4 Å². The summed E-state index contributed by atoms with van der Waals surface area (Å²) in [4.78, 5) is 12.2. The van der Waals surface area contributed by atoms with Crippen LogP contribution in [0.3, 0.4) is 0 Å². The van der Waals surface area contributed by atoms with Crippen molar-refractivity contribution in [2.24, 2.45) is 23.2 Å². The van der Waals surface area contributed by atoms with Gasteiger partial charge in [-0.25, -0.2) is 0 Å². The number of hydrogen-bond donors (Lipinski definition) is 1. The second-order valence-electron chi connectivity index (χ2n) is 6.90. The molecule has 0 radical (unpaired) electrons. The molecule has 0 aromatic heterocycles. The Kier molecular flexibility index (Phi) is 2.92. The Balaban J connectivity index is 1.68. The summed E-state index contributed by atoms with van der Waals surface area (Å²) in [6.45, 7) is 7.08. The summed E-state index contributed by atoms with van der Waals surface area (Å²) in [5, 5.41) is 3.24. The Morgan fingerprint density at radius 1 is 1.21 bits per heavy atom. The van der Waals surface area contributed by atoms with Crippen molar-refractivity contribution >= 4 is 5.91 Å². The van der Waals surface area contributed by atoms with E-state index in [1.54, 1.807) is 0 Å². The highest BCUT2D eigenvalue weighted by atomic mass is 16.1. The topological polar surface area (TPSA) is 29.1 Å². The number of rotatable bonds is 2. The number of benzene rings is 1. The molecule has 1 aromatic carbocycles. The number of carbonyl (C=O) groups excluding carboxylic acids is 1. The highest BCUT2D eigenvalue weighted by molar-refractivity contribution is 5.94. The van der Waals surface area contributed by atoms with Crippen LogP contribution < -0.4 is 5.32 Å². The summed E-state index contributed by atoms with van der Waals surface area (Å²) in [7, 11) is 0. The molecule has 2 heteroatoms. The van der Waals surface area contributed by atoms with Crippen LogP contribution in [-0.4, -0.2) is 11.9 Å². The molecule has 0 heterocycles. The number of nitrogens with one attached hydrogen (secondary N) is 1. The van der Waals surface area contributed by atoms with Crippen LogP contribution >= 0.6 is 0 Å². The van der Waals surface area contributed by atoms with Crippen LogP contribution in [0.5, 0.6) is 0 Å². The van der Waals surface area contributed by atoms with E-state index in [1.807, 2.05) is 30.3 Å². The van der Waals surface area contributed by atoms with E-state index >= 15 is 0 Å². The van der Waals surface area contributed by atoms with Crippen LogP contribution in [0.2, 0.25) is 0 Å². The largest absolute Gasteiger partial charge is 0.349 e. The van der Waals surface area contributed by atoms with Crippen molar-refractivity contribution in [2.75, 3.05) is 0 Å². The third-order valence-electron chi connectivity index (χ3n) is 5.71. The SMILES string of the molecule is C[C@H]1[C@@H](NC(=O)c2ccccc2)C[C@H]2C[C@H]1C2(C)C. The number of hydrogen-bond acceptors (Lipinski definition) is 1. The summed E-state index contributed by atoms with van der Waals surface area (Å²) in [5.74, 6) is 2.23. The van der Waals surface area contributed by atoms with Gasteiger partial charge in [0.2, 0.25) is 0 Å². The average molecular weight is 257 g/mol. The van der Waals surface area contributed by atoms with Crippen LogP contribution in [0.1, 0.15) is 44.0 Å². The molecular weight excluding hydrogens is 234 g/mol. The zero-order valence-corrected chi connectivity index (χ0v) is 12.0. The molecule has 2 bridgehead atoms. The normalized spacial score (nSPS) is 35.3. The summed E-state index contributed by atoms with van der Waals surface area (Å²) in [6.07, 6.45) is 2.50. The molecule has 102 valence electrons. The van der Waals surface area contributed by atoms with Crippen LogP contribution in [0.25, 0.3) is 0 Å². The van der Waals surface area contributed by atoms with Crippen molar-refractivity contribution in [3.63, 3.8) is 0 Å². The zero-order valence-electron chi connectivity index (χ0n) is 12.0. The van der Waals surface area contributed by atoms with Crippen molar-refractivity contribution in [1.29, 1.82) is 0 Å². The quantitative estimate of drug-likeness (QED) is 0.863. The Hall–Kier alpha value is -1.31. The second kappa shape index (κ2) is 4.36. The van der Waals surface area contributed by atoms with Gasteiger partial charge in [0, 0.05) is 11.6 Å². The second-order valence-corrected chi connectivity index (χ2v) is 6.90. The van der Waals surface area contributed by atoms with Crippen LogP contribution in [0.4, 0.5) is 0 Å². The van der Waals surface area contributed by atoms with E-state index in [4.69, 9.17) is 0 Å². The molecule has 0 spiro atoms. The average Bonchev–Trinajstić information content (AvgIpc) is 2.41. The van der Waals surface area contributed by atoms with Gasteiger partial charge < -0.3 is 5.32 Å². The van der Waals surface area contributed by atoms with Crippen LogP contribution in [0, 0.1) is 23.2 Å². The highest BCUT2D eigenvalue weighted by Crippen LogP contribution is 2.61. The van der Waals surface area contributed by atoms with E-state index in [1.165, 1.54) is 6.42 Å². The fourth-order valence-electron chi connectivity index (χ4n) is 4.18. The van der Waals surface area contributed by atoms with Crippen LogP contribution in [0.15, 0.2) is 30.3 Å². The number of fused-ring (bicyclic) bond motifs is 2. The van der Waals surface area contributed by atoms with E-state index in [0.717, 1.165) is 23.8 Å². The molecule has 4 atom stereocenters. The Morgan fingerprint density at radius 2 is 1.89 bits per heavy atom. The third kappa shape index (κ3) is 1.98. The van der Waals surface area contributed by atoms with E-state index in [-0.39, 0.29) is 5.91 Å². The molecule has 1 N–H and O–H groups in total. The van der Waals surface area contributed by atoms with Crippen molar-refractivity contribution in [2.45, 2.75) is 39.7 Å². The molecule has 19 heavy (non-hydrogen) atoms.